The van der Waals surface area contributed by atoms with Crippen LogP contribution in [0.5, 0.6) is 0 Å². The second-order valence-corrected chi connectivity index (χ2v) is 11.7. The highest BCUT2D eigenvalue weighted by Crippen LogP contribution is 2.39. The summed E-state index contributed by atoms with van der Waals surface area (Å²) in [4.78, 5) is 21.5. The summed E-state index contributed by atoms with van der Waals surface area (Å²) >= 11 is 0. The second-order valence-electron chi connectivity index (χ2n) is 11.7. The van der Waals surface area contributed by atoms with E-state index < -0.39 is 0 Å². The fourth-order valence-electron chi connectivity index (χ4n) is 6.31. The Morgan fingerprint density at radius 1 is 1.02 bits per heavy atom. The molecule has 3 heteroatoms. The quantitative estimate of drug-likeness (QED) is 0.140. The van der Waals surface area contributed by atoms with Gasteiger partial charge in [0.25, 0.3) is 0 Å². The van der Waals surface area contributed by atoms with Gasteiger partial charge in [0.05, 0.1) is 0 Å². The first kappa shape index (κ1) is 29.6. The topological polar surface area (TPSA) is 42.9 Å². The van der Waals surface area contributed by atoms with Crippen molar-refractivity contribution in [3.63, 3.8) is 0 Å². The van der Waals surface area contributed by atoms with Gasteiger partial charge in [-0.2, -0.15) is 0 Å². The lowest BCUT2D eigenvalue weighted by atomic mass is 9.77. The number of nitrogens with zero attached hydrogens (tertiary/aromatic N) is 2. The largest absolute Gasteiger partial charge is 0.289 e. The van der Waals surface area contributed by atoms with Gasteiger partial charge in [-0.25, -0.2) is 0 Å². The standard InChI is InChI=1S/C37H46N2O/c1-6-30-14-16-33(17-15-30)35(24-34-25-38-22-20-27(34)3)32-12-9-11-31(18-19-32)26(2)10-7-8-13-36(40)37-28(4)21-23-39-29(37)5/h8,11,13-17,20-23,25-26,32,35H,6-7,9-10,12,18-19,24H2,1-5H3/b13-8+. The van der Waals surface area contributed by atoms with Crippen LogP contribution in [0.4, 0.5) is 0 Å². The molecule has 1 aliphatic rings. The van der Waals surface area contributed by atoms with Crippen LogP contribution in [0.3, 0.4) is 0 Å². The molecule has 1 aromatic carbocycles. The minimum atomic E-state index is 0.0640. The maximum absolute atomic E-state index is 12.7. The zero-order valence-corrected chi connectivity index (χ0v) is 25.1. The number of ketones is 1. The van der Waals surface area contributed by atoms with E-state index >= 15 is 0 Å². The molecule has 0 radical (unpaired) electrons. The van der Waals surface area contributed by atoms with Gasteiger partial charge in [-0.3, -0.25) is 14.8 Å². The summed E-state index contributed by atoms with van der Waals surface area (Å²) in [6.45, 7) is 10.7. The summed E-state index contributed by atoms with van der Waals surface area (Å²) in [7, 11) is 0. The molecule has 3 unspecified atom stereocenters. The number of rotatable bonds is 11. The lowest BCUT2D eigenvalue weighted by Crippen LogP contribution is -2.16. The molecule has 0 bridgehead atoms. The number of aryl methyl sites for hydroxylation is 4. The number of allylic oxidation sites excluding steroid dienone is 4. The summed E-state index contributed by atoms with van der Waals surface area (Å²) in [5.74, 6) is 1.75. The van der Waals surface area contributed by atoms with Gasteiger partial charge in [0.1, 0.15) is 0 Å². The molecule has 0 saturated heterocycles. The summed E-state index contributed by atoms with van der Waals surface area (Å²) < 4.78 is 0. The number of carbonyl (C=O) groups is 1. The average Bonchev–Trinajstić information content (AvgIpc) is 3.21. The van der Waals surface area contributed by atoms with Crippen molar-refractivity contribution in [1.29, 1.82) is 0 Å². The number of hydrogen-bond acceptors (Lipinski definition) is 3. The first-order valence-corrected chi connectivity index (χ1v) is 15.2. The van der Waals surface area contributed by atoms with Gasteiger partial charge in [0.15, 0.2) is 5.78 Å². The van der Waals surface area contributed by atoms with E-state index in [9.17, 15) is 4.79 Å². The fourth-order valence-corrected chi connectivity index (χ4v) is 6.31. The summed E-state index contributed by atoms with van der Waals surface area (Å²) in [6, 6.07) is 13.4. The SMILES string of the molecule is CCc1ccc(C(Cc2cnccc2C)C2CCC=C(C(C)CC/C=C/C(=O)c3c(C)ccnc3C)CC2)cc1. The van der Waals surface area contributed by atoms with Crippen LogP contribution in [0.15, 0.2) is 78.8 Å². The van der Waals surface area contributed by atoms with E-state index in [1.807, 2.05) is 26.1 Å². The van der Waals surface area contributed by atoms with E-state index in [0.29, 0.717) is 17.8 Å². The Balaban J connectivity index is 1.38. The summed E-state index contributed by atoms with van der Waals surface area (Å²) in [5, 5.41) is 0. The molecular formula is C37H46N2O. The number of aromatic nitrogens is 2. The van der Waals surface area contributed by atoms with Gasteiger partial charge in [-0.05, 0) is 136 Å². The predicted octanol–water partition coefficient (Wildman–Crippen LogP) is 9.26. The van der Waals surface area contributed by atoms with E-state index in [1.54, 1.807) is 17.8 Å². The molecule has 40 heavy (non-hydrogen) atoms. The molecule has 2 heterocycles. The molecule has 0 spiro atoms. The molecule has 0 amide bonds. The van der Waals surface area contributed by atoms with E-state index in [0.717, 1.165) is 55.3 Å². The lowest BCUT2D eigenvalue weighted by Gasteiger charge is -2.28. The van der Waals surface area contributed by atoms with Crippen LogP contribution in [-0.2, 0) is 12.8 Å². The van der Waals surface area contributed by atoms with Crippen molar-refractivity contribution < 1.29 is 4.79 Å². The minimum absolute atomic E-state index is 0.0640. The Kier molecular flexibility index (Phi) is 10.6. The van der Waals surface area contributed by atoms with Gasteiger partial charge in [0.2, 0.25) is 0 Å². The van der Waals surface area contributed by atoms with Crippen molar-refractivity contribution in [1.82, 2.24) is 9.97 Å². The maximum atomic E-state index is 12.7. The molecule has 0 fully saturated rings. The van der Waals surface area contributed by atoms with Gasteiger partial charge in [-0.1, -0.05) is 55.8 Å². The van der Waals surface area contributed by atoms with Crippen molar-refractivity contribution in [2.45, 2.75) is 91.9 Å². The van der Waals surface area contributed by atoms with Crippen molar-refractivity contribution >= 4 is 5.78 Å². The van der Waals surface area contributed by atoms with Crippen molar-refractivity contribution in [2.24, 2.45) is 11.8 Å². The van der Waals surface area contributed by atoms with Gasteiger partial charge in [0, 0.05) is 29.8 Å². The lowest BCUT2D eigenvalue weighted by molar-refractivity contribution is 0.104. The zero-order valence-electron chi connectivity index (χ0n) is 25.1. The third-order valence-corrected chi connectivity index (χ3v) is 8.98. The minimum Gasteiger partial charge on any atom is -0.289 e. The molecule has 0 saturated carbocycles. The smallest absolute Gasteiger partial charge is 0.187 e. The van der Waals surface area contributed by atoms with Crippen LogP contribution in [0.1, 0.15) is 102 Å². The fraction of sp³-hybridized carbons (Fsp3) is 0.432. The monoisotopic (exact) mass is 534 g/mol. The van der Waals surface area contributed by atoms with E-state index in [4.69, 9.17) is 0 Å². The van der Waals surface area contributed by atoms with Crippen LogP contribution in [-0.4, -0.2) is 15.8 Å². The highest BCUT2D eigenvalue weighted by molar-refractivity contribution is 6.06. The molecule has 0 aliphatic heterocycles. The van der Waals surface area contributed by atoms with Crippen LogP contribution in [0, 0.1) is 32.6 Å². The normalized spacial score (nSPS) is 17.3. The molecule has 2 aromatic heterocycles. The van der Waals surface area contributed by atoms with Crippen molar-refractivity contribution in [2.75, 3.05) is 0 Å². The Hall–Kier alpha value is -3.33. The zero-order chi connectivity index (χ0) is 28.5. The number of pyridine rings is 2. The number of benzene rings is 1. The molecule has 210 valence electrons. The highest BCUT2D eigenvalue weighted by atomic mass is 16.1. The molecule has 3 nitrogen and oxygen atoms in total. The first-order chi connectivity index (χ1) is 19.4. The second kappa shape index (κ2) is 14.3. The first-order valence-electron chi connectivity index (χ1n) is 15.2. The van der Waals surface area contributed by atoms with Crippen molar-refractivity contribution in [3.8, 4) is 0 Å². The van der Waals surface area contributed by atoms with Crippen LogP contribution >= 0.6 is 0 Å². The van der Waals surface area contributed by atoms with E-state index in [1.165, 1.54) is 35.1 Å². The van der Waals surface area contributed by atoms with E-state index in [2.05, 4.69) is 79.4 Å². The van der Waals surface area contributed by atoms with Gasteiger partial charge < -0.3 is 0 Å². The van der Waals surface area contributed by atoms with Crippen LogP contribution in [0.25, 0.3) is 0 Å². The predicted molar refractivity (Wildman–Crippen MR) is 167 cm³/mol. The molecule has 3 atom stereocenters. The molecule has 1 aliphatic carbocycles. The van der Waals surface area contributed by atoms with Gasteiger partial charge >= 0.3 is 0 Å². The molecule has 0 N–H and O–H groups in total. The highest BCUT2D eigenvalue weighted by Gasteiger charge is 2.26. The molecular weight excluding hydrogens is 488 g/mol. The Morgan fingerprint density at radius 2 is 1.80 bits per heavy atom. The molecule has 4 rings (SSSR count). The summed E-state index contributed by atoms with van der Waals surface area (Å²) in [5.41, 5.74) is 9.72. The third-order valence-electron chi connectivity index (χ3n) is 8.98. The van der Waals surface area contributed by atoms with E-state index in [-0.39, 0.29) is 5.78 Å². The third kappa shape index (κ3) is 7.65. The van der Waals surface area contributed by atoms with Crippen LogP contribution < -0.4 is 0 Å². The maximum Gasteiger partial charge on any atom is 0.187 e. The average molecular weight is 535 g/mol. The summed E-state index contributed by atoms with van der Waals surface area (Å²) in [6.07, 6.45) is 20.9. The van der Waals surface area contributed by atoms with Crippen molar-refractivity contribution in [3.05, 3.63) is 118 Å². The number of carbonyl (C=O) groups excluding carboxylic acids is 1. The Bertz CT molecular complexity index is 1310. The van der Waals surface area contributed by atoms with Crippen LogP contribution in [0.2, 0.25) is 0 Å². The molecule has 3 aromatic rings. The Labute approximate surface area is 241 Å². The number of hydrogen-bond donors (Lipinski definition) is 0. The Morgan fingerprint density at radius 3 is 2.52 bits per heavy atom. The van der Waals surface area contributed by atoms with Gasteiger partial charge in [-0.15, -0.1) is 0 Å².